The van der Waals surface area contributed by atoms with Crippen LogP contribution < -0.4 is 10.6 Å². The van der Waals surface area contributed by atoms with Crippen molar-refractivity contribution in [1.82, 2.24) is 5.32 Å². The minimum atomic E-state index is -1.54. The Balaban J connectivity index is 2.95. The Morgan fingerprint density at radius 3 is 2.24 bits per heavy atom. The number of carboxylic acids is 1. The molecular weight excluding hydrogens is 282 g/mol. The van der Waals surface area contributed by atoms with Crippen molar-refractivity contribution in [3.8, 4) is 0 Å². The summed E-state index contributed by atoms with van der Waals surface area (Å²) in [5, 5.41) is 13.7. The van der Waals surface area contributed by atoms with Gasteiger partial charge in [0.2, 0.25) is 0 Å². The number of rotatable bonds is 5. The Hall–Kier alpha value is -2.18. The van der Waals surface area contributed by atoms with Crippen molar-refractivity contribution in [3.05, 3.63) is 29.3 Å². The van der Waals surface area contributed by atoms with E-state index >= 15 is 0 Å². The summed E-state index contributed by atoms with van der Waals surface area (Å²) in [4.78, 5) is 22.6. The number of benzene rings is 1. The van der Waals surface area contributed by atoms with E-state index in [-0.39, 0.29) is 5.69 Å². The van der Waals surface area contributed by atoms with Crippen molar-refractivity contribution in [2.75, 3.05) is 5.32 Å². The monoisotopic (exact) mass is 300 g/mol. The maximum atomic E-state index is 13.6. The van der Waals surface area contributed by atoms with Crippen molar-refractivity contribution in [2.24, 2.45) is 0 Å². The second kappa shape index (κ2) is 6.51. The van der Waals surface area contributed by atoms with Crippen LogP contribution in [-0.4, -0.2) is 22.6 Å². The van der Waals surface area contributed by atoms with E-state index in [1.165, 1.54) is 0 Å². The minimum absolute atomic E-state index is 0.388. The van der Waals surface area contributed by atoms with Gasteiger partial charge in [-0.15, -0.1) is 0 Å². The van der Waals surface area contributed by atoms with Gasteiger partial charge in [-0.2, -0.15) is 0 Å². The molecule has 7 heteroatoms. The lowest BCUT2D eigenvalue weighted by molar-refractivity contribution is 0.0691. The van der Waals surface area contributed by atoms with Gasteiger partial charge >= 0.3 is 12.0 Å². The van der Waals surface area contributed by atoms with E-state index in [4.69, 9.17) is 5.11 Å². The molecule has 2 amide bonds. The zero-order valence-electron chi connectivity index (χ0n) is 12.1. The lowest BCUT2D eigenvalue weighted by Crippen LogP contribution is -2.47. The van der Waals surface area contributed by atoms with Gasteiger partial charge in [-0.1, -0.05) is 13.8 Å². The minimum Gasteiger partial charge on any atom is -0.478 e. The van der Waals surface area contributed by atoms with Crippen LogP contribution in [0.25, 0.3) is 0 Å². The number of hydrogen-bond acceptors (Lipinski definition) is 2. The summed E-state index contributed by atoms with van der Waals surface area (Å²) in [6.45, 7) is 5.62. The van der Waals surface area contributed by atoms with Crippen LogP contribution in [-0.2, 0) is 0 Å². The Kier molecular flexibility index (Phi) is 5.23. The van der Waals surface area contributed by atoms with Gasteiger partial charge < -0.3 is 15.7 Å². The van der Waals surface area contributed by atoms with Crippen molar-refractivity contribution in [2.45, 2.75) is 39.2 Å². The zero-order valence-corrected chi connectivity index (χ0v) is 12.1. The normalized spacial score (nSPS) is 11.1. The smallest absolute Gasteiger partial charge is 0.338 e. The predicted molar refractivity (Wildman–Crippen MR) is 74.5 cm³/mol. The first-order valence-electron chi connectivity index (χ1n) is 6.54. The number of carbonyl (C=O) groups excluding carboxylic acids is 1. The van der Waals surface area contributed by atoms with Gasteiger partial charge in [-0.25, -0.2) is 18.4 Å². The molecular formula is C14H18F2N2O3. The summed E-state index contributed by atoms with van der Waals surface area (Å²) >= 11 is 0. The highest BCUT2D eigenvalue weighted by Gasteiger charge is 2.23. The number of amides is 2. The van der Waals surface area contributed by atoms with Gasteiger partial charge in [-0.3, -0.25) is 0 Å². The summed E-state index contributed by atoms with van der Waals surface area (Å²) in [6, 6.07) is 0.503. The molecule has 3 N–H and O–H groups in total. The largest absolute Gasteiger partial charge is 0.478 e. The Bertz CT molecular complexity index is 557. The van der Waals surface area contributed by atoms with E-state index in [9.17, 15) is 18.4 Å². The molecule has 0 atom stereocenters. The summed E-state index contributed by atoms with van der Waals surface area (Å²) in [6.07, 6.45) is 1.34. The third-order valence-electron chi connectivity index (χ3n) is 3.51. The van der Waals surface area contributed by atoms with E-state index in [0.29, 0.717) is 18.9 Å². The van der Waals surface area contributed by atoms with E-state index in [1.54, 1.807) is 0 Å². The second-order valence-corrected chi connectivity index (χ2v) is 4.96. The lowest BCUT2D eigenvalue weighted by Gasteiger charge is -2.28. The van der Waals surface area contributed by atoms with Gasteiger partial charge in [-0.05, 0) is 25.8 Å². The molecule has 0 aromatic heterocycles. The summed E-state index contributed by atoms with van der Waals surface area (Å²) in [7, 11) is 0. The van der Waals surface area contributed by atoms with Gasteiger partial charge in [0, 0.05) is 11.6 Å². The third-order valence-corrected chi connectivity index (χ3v) is 3.51. The molecule has 0 spiro atoms. The van der Waals surface area contributed by atoms with Crippen LogP contribution in [0.2, 0.25) is 0 Å². The van der Waals surface area contributed by atoms with Crippen molar-refractivity contribution < 1.29 is 23.5 Å². The fourth-order valence-corrected chi connectivity index (χ4v) is 1.66. The molecule has 0 fully saturated rings. The number of anilines is 1. The Morgan fingerprint density at radius 1 is 1.19 bits per heavy atom. The molecule has 0 bridgehead atoms. The maximum Gasteiger partial charge on any atom is 0.338 e. The fraction of sp³-hybridized carbons (Fsp3) is 0.429. The Labute approximate surface area is 121 Å². The summed E-state index contributed by atoms with van der Waals surface area (Å²) in [5.74, 6) is -3.77. The number of halogens is 2. The highest BCUT2D eigenvalue weighted by atomic mass is 19.1. The number of urea groups is 1. The van der Waals surface area contributed by atoms with Crippen molar-refractivity contribution in [3.63, 3.8) is 0 Å². The van der Waals surface area contributed by atoms with E-state index < -0.39 is 34.7 Å². The maximum absolute atomic E-state index is 13.6. The van der Waals surface area contributed by atoms with Crippen molar-refractivity contribution in [1.29, 1.82) is 0 Å². The molecule has 116 valence electrons. The van der Waals surface area contributed by atoms with Gasteiger partial charge in [0.1, 0.15) is 11.6 Å². The number of nitrogens with one attached hydrogen (secondary N) is 2. The first kappa shape index (κ1) is 16.9. The third kappa shape index (κ3) is 4.14. The summed E-state index contributed by atoms with van der Waals surface area (Å²) in [5.41, 5.74) is -1.56. The van der Waals surface area contributed by atoms with Gasteiger partial charge in [0.15, 0.2) is 0 Å². The number of aromatic carboxylic acids is 1. The van der Waals surface area contributed by atoms with Crippen LogP contribution in [0, 0.1) is 11.6 Å². The average Bonchev–Trinajstić information content (AvgIpc) is 2.41. The van der Waals surface area contributed by atoms with Gasteiger partial charge in [0.05, 0.1) is 11.3 Å². The highest BCUT2D eigenvalue weighted by Crippen LogP contribution is 2.20. The van der Waals surface area contributed by atoms with E-state index in [1.807, 2.05) is 20.8 Å². The topological polar surface area (TPSA) is 78.4 Å². The second-order valence-electron chi connectivity index (χ2n) is 4.96. The molecule has 1 aromatic rings. The molecule has 0 aliphatic heterocycles. The molecule has 0 saturated carbocycles. The molecule has 1 aromatic carbocycles. The molecule has 0 radical (unpaired) electrons. The first-order valence-corrected chi connectivity index (χ1v) is 6.54. The number of carboxylic acid groups (broad SMARTS) is 1. The molecule has 0 unspecified atom stereocenters. The quantitative estimate of drug-likeness (QED) is 0.780. The standard InChI is InChI=1S/C14H18F2N2O3/c1-4-14(3,5-2)18-13(21)17-11-6-8(12(19)20)9(15)7-10(11)16/h6-7H,4-5H2,1-3H3,(H,19,20)(H2,17,18,21). The predicted octanol–water partition coefficient (Wildman–Crippen LogP) is 3.36. The Morgan fingerprint density at radius 2 is 1.76 bits per heavy atom. The number of carbonyl (C=O) groups is 2. The molecule has 0 aliphatic carbocycles. The fourth-order valence-electron chi connectivity index (χ4n) is 1.66. The van der Waals surface area contributed by atoms with Crippen LogP contribution >= 0.6 is 0 Å². The van der Waals surface area contributed by atoms with E-state index in [2.05, 4.69) is 10.6 Å². The molecule has 0 saturated heterocycles. The van der Waals surface area contributed by atoms with Crippen LogP contribution in [0.5, 0.6) is 0 Å². The first-order chi connectivity index (χ1) is 9.72. The van der Waals surface area contributed by atoms with Crippen LogP contribution in [0.4, 0.5) is 19.3 Å². The SMILES string of the molecule is CCC(C)(CC)NC(=O)Nc1cc(C(=O)O)c(F)cc1F. The van der Waals surface area contributed by atoms with Crippen LogP contribution in [0.15, 0.2) is 12.1 Å². The summed E-state index contributed by atoms with van der Waals surface area (Å²) < 4.78 is 26.8. The molecule has 0 heterocycles. The zero-order chi connectivity index (χ0) is 16.2. The van der Waals surface area contributed by atoms with Crippen LogP contribution in [0.1, 0.15) is 44.0 Å². The van der Waals surface area contributed by atoms with Crippen molar-refractivity contribution >= 4 is 17.7 Å². The van der Waals surface area contributed by atoms with E-state index in [0.717, 1.165) is 6.07 Å². The molecule has 21 heavy (non-hydrogen) atoms. The molecule has 0 aliphatic rings. The average molecular weight is 300 g/mol. The highest BCUT2D eigenvalue weighted by molar-refractivity contribution is 5.93. The molecule has 5 nitrogen and oxygen atoms in total. The molecule has 1 rings (SSSR count). The lowest BCUT2D eigenvalue weighted by atomic mass is 9.96. The van der Waals surface area contributed by atoms with Crippen LogP contribution in [0.3, 0.4) is 0 Å². The van der Waals surface area contributed by atoms with Gasteiger partial charge in [0.25, 0.3) is 0 Å². The number of hydrogen-bond donors (Lipinski definition) is 3.